The van der Waals surface area contributed by atoms with Crippen LogP contribution in [0.4, 0.5) is 17.3 Å². The van der Waals surface area contributed by atoms with Crippen molar-refractivity contribution in [1.82, 2.24) is 14.9 Å². The summed E-state index contributed by atoms with van der Waals surface area (Å²) in [6.45, 7) is 1.54. The zero-order valence-electron chi connectivity index (χ0n) is 17.2. The lowest BCUT2D eigenvalue weighted by atomic mass is 10.1. The third-order valence-electron chi connectivity index (χ3n) is 5.04. The number of carbonyl (C=O) groups is 1. The van der Waals surface area contributed by atoms with Crippen molar-refractivity contribution in [3.8, 4) is 0 Å². The Labute approximate surface area is 167 Å². The van der Waals surface area contributed by atoms with Crippen LogP contribution in [0.3, 0.4) is 0 Å². The number of rotatable bonds is 5. The van der Waals surface area contributed by atoms with E-state index in [-0.39, 0.29) is 5.91 Å². The lowest BCUT2D eigenvalue weighted by Crippen LogP contribution is -2.32. The molecule has 28 heavy (non-hydrogen) atoms. The maximum absolute atomic E-state index is 12.9. The minimum absolute atomic E-state index is 0.0863. The Hall–Kier alpha value is -2.83. The molecule has 7 heteroatoms. The van der Waals surface area contributed by atoms with Crippen molar-refractivity contribution >= 4 is 23.2 Å². The van der Waals surface area contributed by atoms with Gasteiger partial charge in [0.15, 0.2) is 0 Å². The molecule has 0 unspecified atom stereocenters. The molecule has 0 bridgehead atoms. The minimum atomic E-state index is 0.0863. The fourth-order valence-corrected chi connectivity index (χ4v) is 3.39. The Balaban J connectivity index is 1.60. The molecule has 1 saturated heterocycles. The summed E-state index contributed by atoms with van der Waals surface area (Å²) < 4.78 is 0. The molecule has 1 aliphatic heterocycles. The van der Waals surface area contributed by atoms with Crippen LogP contribution < -0.4 is 15.1 Å². The second-order valence-electron chi connectivity index (χ2n) is 7.66. The monoisotopic (exact) mass is 382 g/mol. The average Bonchev–Trinajstić information content (AvgIpc) is 2.93. The Morgan fingerprint density at radius 2 is 1.82 bits per heavy atom. The van der Waals surface area contributed by atoms with Crippen LogP contribution in [0.15, 0.2) is 36.7 Å². The van der Waals surface area contributed by atoms with Crippen LogP contribution >= 0.6 is 0 Å². The average molecular weight is 383 g/mol. The van der Waals surface area contributed by atoms with Gasteiger partial charge < -0.3 is 20.0 Å². The molecule has 0 radical (unpaired) electrons. The van der Waals surface area contributed by atoms with Gasteiger partial charge in [-0.1, -0.05) is 0 Å². The van der Waals surface area contributed by atoms with Crippen molar-refractivity contribution < 1.29 is 4.79 Å². The first-order chi connectivity index (χ1) is 13.4. The summed E-state index contributed by atoms with van der Waals surface area (Å²) in [6.07, 6.45) is 6.53. The van der Waals surface area contributed by atoms with E-state index in [1.807, 2.05) is 61.2 Å². The van der Waals surface area contributed by atoms with Gasteiger partial charge in [0.25, 0.3) is 5.91 Å². The smallest absolute Gasteiger partial charge is 0.254 e. The lowest BCUT2D eigenvalue weighted by molar-refractivity contribution is 0.0761. The van der Waals surface area contributed by atoms with Crippen molar-refractivity contribution in [3.05, 3.63) is 42.2 Å². The molecule has 3 heterocycles. The highest BCUT2D eigenvalue weighted by Gasteiger charge is 2.22. The van der Waals surface area contributed by atoms with Gasteiger partial charge >= 0.3 is 0 Å². The molecule has 1 N–H and O–H groups in total. The number of pyridine rings is 2. The topological polar surface area (TPSA) is 64.6 Å². The molecule has 1 aliphatic rings. The zero-order chi connectivity index (χ0) is 20.1. The molecule has 1 fully saturated rings. The van der Waals surface area contributed by atoms with E-state index in [0.717, 1.165) is 49.7 Å². The maximum atomic E-state index is 12.9. The highest BCUT2D eigenvalue weighted by atomic mass is 16.2. The van der Waals surface area contributed by atoms with E-state index < -0.39 is 0 Å². The Bertz CT molecular complexity index is 790. The number of amides is 1. The third kappa shape index (κ3) is 4.91. The second kappa shape index (κ2) is 8.91. The molecule has 150 valence electrons. The maximum Gasteiger partial charge on any atom is 0.254 e. The minimum Gasteiger partial charge on any atom is -0.381 e. The highest BCUT2D eigenvalue weighted by Crippen LogP contribution is 2.20. The largest absolute Gasteiger partial charge is 0.381 e. The number of aromatic nitrogens is 2. The van der Waals surface area contributed by atoms with Crippen molar-refractivity contribution in [2.24, 2.45) is 0 Å². The van der Waals surface area contributed by atoms with Crippen LogP contribution in [0, 0.1) is 0 Å². The van der Waals surface area contributed by atoms with Gasteiger partial charge in [-0.3, -0.25) is 4.79 Å². The molecule has 1 atom stereocenters. The SMILES string of the molecule is CN(C)c1ccc(N[C@H]2CCCN(C(=O)c3ccnc(N(C)C)c3)CC2)cn1. The fourth-order valence-electron chi connectivity index (χ4n) is 3.39. The molecule has 7 nitrogen and oxygen atoms in total. The zero-order valence-corrected chi connectivity index (χ0v) is 17.2. The number of hydrogen-bond donors (Lipinski definition) is 1. The molecule has 0 spiro atoms. The number of hydrogen-bond acceptors (Lipinski definition) is 6. The van der Waals surface area contributed by atoms with E-state index in [4.69, 9.17) is 0 Å². The van der Waals surface area contributed by atoms with Crippen LogP contribution in [0.5, 0.6) is 0 Å². The summed E-state index contributed by atoms with van der Waals surface area (Å²) in [5, 5.41) is 3.57. The van der Waals surface area contributed by atoms with E-state index in [9.17, 15) is 4.79 Å². The first-order valence-corrected chi connectivity index (χ1v) is 9.76. The van der Waals surface area contributed by atoms with Crippen molar-refractivity contribution in [2.45, 2.75) is 25.3 Å². The van der Waals surface area contributed by atoms with Crippen LogP contribution in [0.25, 0.3) is 0 Å². The standard InChI is InChI=1S/C21H30N6O/c1-25(2)19-8-7-18(15-23-19)24-17-6-5-12-27(13-10-17)21(28)16-9-11-22-20(14-16)26(3)4/h7-9,11,14-15,17,24H,5-6,10,12-13H2,1-4H3/t17-/m0/s1. The molecule has 2 aromatic heterocycles. The van der Waals surface area contributed by atoms with Crippen LogP contribution in [-0.4, -0.2) is 68.1 Å². The van der Waals surface area contributed by atoms with Gasteiger partial charge in [-0.05, 0) is 43.5 Å². The second-order valence-corrected chi connectivity index (χ2v) is 7.66. The van der Waals surface area contributed by atoms with E-state index in [2.05, 4.69) is 21.4 Å². The lowest BCUT2D eigenvalue weighted by Gasteiger charge is -2.22. The van der Waals surface area contributed by atoms with Crippen molar-refractivity contribution in [1.29, 1.82) is 0 Å². The Kier molecular flexibility index (Phi) is 6.34. The summed E-state index contributed by atoms with van der Waals surface area (Å²) >= 11 is 0. The summed E-state index contributed by atoms with van der Waals surface area (Å²) in [4.78, 5) is 27.6. The van der Waals surface area contributed by atoms with Gasteiger partial charge in [-0.25, -0.2) is 9.97 Å². The quantitative estimate of drug-likeness (QED) is 0.858. The first kappa shape index (κ1) is 19.9. The van der Waals surface area contributed by atoms with E-state index in [0.29, 0.717) is 11.6 Å². The summed E-state index contributed by atoms with van der Waals surface area (Å²) in [7, 11) is 7.82. The van der Waals surface area contributed by atoms with E-state index in [1.165, 1.54) is 0 Å². The summed E-state index contributed by atoms with van der Waals surface area (Å²) in [5.74, 6) is 1.83. The van der Waals surface area contributed by atoms with Crippen LogP contribution in [-0.2, 0) is 0 Å². The molecule has 0 aromatic carbocycles. The third-order valence-corrected chi connectivity index (χ3v) is 5.04. The van der Waals surface area contributed by atoms with Crippen LogP contribution in [0.2, 0.25) is 0 Å². The van der Waals surface area contributed by atoms with Gasteiger partial charge in [0.2, 0.25) is 0 Å². The molecular formula is C21H30N6O. The highest BCUT2D eigenvalue weighted by molar-refractivity contribution is 5.94. The number of likely N-dealkylation sites (tertiary alicyclic amines) is 1. The number of carbonyl (C=O) groups excluding carboxylic acids is 1. The predicted octanol–water partition coefficient (Wildman–Crippen LogP) is 2.72. The van der Waals surface area contributed by atoms with E-state index in [1.54, 1.807) is 12.3 Å². The van der Waals surface area contributed by atoms with Gasteiger partial charge in [-0.2, -0.15) is 0 Å². The molecule has 0 aliphatic carbocycles. The van der Waals surface area contributed by atoms with Gasteiger partial charge in [0.05, 0.1) is 11.9 Å². The molecular weight excluding hydrogens is 352 g/mol. The first-order valence-electron chi connectivity index (χ1n) is 9.76. The Morgan fingerprint density at radius 1 is 1.04 bits per heavy atom. The van der Waals surface area contributed by atoms with Crippen molar-refractivity contribution in [3.63, 3.8) is 0 Å². The fraction of sp³-hybridized carbons (Fsp3) is 0.476. The number of nitrogens with one attached hydrogen (secondary N) is 1. The normalized spacial score (nSPS) is 17.0. The van der Waals surface area contributed by atoms with Gasteiger partial charge in [-0.15, -0.1) is 0 Å². The molecule has 3 rings (SSSR count). The molecule has 2 aromatic rings. The van der Waals surface area contributed by atoms with E-state index >= 15 is 0 Å². The predicted molar refractivity (Wildman–Crippen MR) is 114 cm³/mol. The summed E-state index contributed by atoms with van der Waals surface area (Å²) in [6, 6.07) is 8.09. The van der Waals surface area contributed by atoms with Gasteiger partial charge in [0.1, 0.15) is 11.6 Å². The number of anilines is 3. The van der Waals surface area contributed by atoms with Crippen LogP contribution in [0.1, 0.15) is 29.6 Å². The number of nitrogens with zero attached hydrogens (tertiary/aromatic N) is 5. The molecule has 1 amide bonds. The van der Waals surface area contributed by atoms with Gasteiger partial charge in [0, 0.05) is 59.1 Å². The van der Waals surface area contributed by atoms with Crippen molar-refractivity contribution in [2.75, 3.05) is 56.4 Å². The molecule has 0 saturated carbocycles. The Morgan fingerprint density at radius 3 is 2.50 bits per heavy atom. The summed E-state index contributed by atoms with van der Waals surface area (Å²) in [5.41, 5.74) is 1.73.